The number of ether oxygens (including phenoxy) is 2. The van der Waals surface area contributed by atoms with Crippen molar-refractivity contribution in [2.75, 3.05) is 46.0 Å². The van der Waals surface area contributed by atoms with E-state index in [2.05, 4.69) is 15.2 Å². The van der Waals surface area contributed by atoms with Gasteiger partial charge in [0.15, 0.2) is 5.69 Å². The van der Waals surface area contributed by atoms with Crippen LogP contribution in [0, 0.1) is 5.82 Å². The van der Waals surface area contributed by atoms with Gasteiger partial charge in [-0.05, 0) is 37.6 Å². The lowest BCUT2D eigenvalue weighted by Crippen LogP contribution is -2.50. The van der Waals surface area contributed by atoms with Gasteiger partial charge in [0.2, 0.25) is 15.8 Å². The highest BCUT2D eigenvalue weighted by Crippen LogP contribution is 2.37. The number of sulfonamides is 1. The summed E-state index contributed by atoms with van der Waals surface area (Å²) < 4.78 is 55.1. The summed E-state index contributed by atoms with van der Waals surface area (Å²) >= 11 is 0. The molecule has 3 aliphatic heterocycles. The number of hydrogen-bond acceptors (Lipinski definition) is 9. The number of carbonyl (C=O) groups excluding carboxylic acids is 1. The molecule has 4 heterocycles. The van der Waals surface area contributed by atoms with E-state index in [-0.39, 0.29) is 36.0 Å². The molecule has 0 bridgehead atoms. The van der Waals surface area contributed by atoms with Crippen LogP contribution >= 0.6 is 0 Å². The van der Waals surface area contributed by atoms with Gasteiger partial charge in [0.25, 0.3) is 11.5 Å². The number of nitrogens with zero attached hydrogens (tertiary/aromatic N) is 4. The number of aromatic nitrogens is 2. The normalized spacial score (nSPS) is 20.0. The third-order valence-corrected chi connectivity index (χ3v) is 9.66. The molecule has 218 valence electrons. The summed E-state index contributed by atoms with van der Waals surface area (Å²) in [5.74, 6) is -2.16. The maximum atomic E-state index is 14.5. The van der Waals surface area contributed by atoms with Crippen molar-refractivity contribution in [1.82, 2.24) is 24.1 Å². The van der Waals surface area contributed by atoms with Crippen LogP contribution in [0.1, 0.15) is 48.6 Å². The number of piperazine rings is 1. The van der Waals surface area contributed by atoms with E-state index >= 15 is 0 Å². The lowest BCUT2D eigenvalue weighted by Gasteiger charge is -2.40. The number of amides is 1. The lowest BCUT2D eigenvalue weighted by atomic mass is 9.91. The molecule has 0 saturated carbocycles. The number of carbonyl (C=O) groups is 1. The summed E-state index contributed by atoms with van der Waals surface area (Å²) in [5.41, 5.74) is -1.92. The Bertz CT molecular complexity index is 1450. The summed E-state index contributed by atoms with van der Waals surface area (Å²) in [6, 6.07) is 3.69. The van der Waals surface area contributed by atoms with Crippen LogP contribution in [-0.2, 0) is 38.2 Å². The van der Waals surface area contributed by atoms with Gasteiger partial charge in [-0.2, -0.15) is 4.31 Å². The SMILES string of the molecule is CC(C)N1CCN(S(=O)(=O)c2cc(F)cc(CNC(=O)c3nc4n(c(=O)c3O)CCOC43CCOCC3)c2)CC1. The molecule has 3 aliphatic rings. The average molecular weight is 580 g/mol. The van der Waals surface area contributed by atoms with Gasteiger partial charge >= 0.3 is 0 Å². The van der Waals surface area contributed by atoms with Gasteiger partial charge in [-0.15, -0.1) is 0 Å². The summed E-state index contributed by atoms with van der Waals surface area (Å²) in [6.45, 7) is 6.82. The van der Waals surface area contributed by atoms with Crippen molar-refractivity contribution in [2.24, 2.45) is 0 Å². The van der Waals surface area contributed by atoms with Gasteiger partial charge in [-0.1, -0.05) is 0 Å². The number of halogens is 1. The van der Waals surface area contributed by atoms with E-state index in [1.807, 2.05) is 13.8 Å². The zero-order chi connectivity index (χ0) is 28.7. The first-order valence-electron chi connectivity index (χ1n) is 13.4. The molecule has 40 heavy (non-hydrogen) atoms. The zero-order valence-corrected chi connectivity index (χ0v) is 23.4. The van der Waals surface area contributed by atoms with Crippen molar-refractivity contribution >= 4 is 15.9 Å². The molecule has 0 radical (unpaired) electrons. The van der Waals surface area contributed by atoms with Crippen molar-refractivity contribution in [3.8, 4) is 5.75 Å². The van der Waals surface area contributed by atoms with Crippen LogP contribution in [0.25, 0.3) is 0 Å². The van der Waals surface area contributed by atoms with Crippen LogP contribution in [0.5, 0.6) is 5.75 Å². The molecule has 1 amide bonds. The van der Waals surface area contributed by atoms with Crippen LogP contribution in [-0.4, -0.2) is 90.2 Å². The van der Waals surface area contributed by atoms with Crippen LogP contribution < -0.4 is 10.9 Å². The molecular formula is C26H34FN5O7S. The number of benzene rings is 1. The molecule has 1 spiro atoms. The third kappa shape index (κ3) is 5.38. The van der Waals surface area contributed by atoms with E-state index in [0.717, 1.165) is 12.1 Å². The first-order chi connectivity index (χ1) is 19.0. The van der Waals surface area contributed by atoms with Crippen LogP contribution in [0.15, 0.2) is 27.9 Å². The van der Waals surface area contributed by atoms with E-state index in [9.17, 15) is 27.5 Å². The molecule has 0 unspecified atom stereocenters. The second kappa shape index (κ2) is 11.2. The molecule has 5 rings (SSSR count). The summed E-state index contributed by atoms with van der Waals surface area (Å²) in [7, 11) is -3.95. The molecule has 0 atom stereocenters. The Balaban J connectivity index is 1.35. The fourth-order valence-electron chi connectivity index (χ4n) is 5.47. The molecule has 1 aromatic carbocycles. The second-order valence-electron chi connectivity index (χ2n) is 10.6. The maximum absolute atomic E-state index is 14.5. The summed E-state index contributed by atoms with van der Waals surface area (Å²) in [4.78, 5) is 32.3. The van der Waals surface area contributed by atoms with Crippen molar-refractivity contribution < 1.29 is 32.2 Å². The first-order valence-corrected chi connectivity index (χ1v) is 14.8. The first kappa shape index (κ1) is 28.6. The highest BCUT2D eigenvalue weighted by Gasteiger charge is 2.43. The predicted octanol–water partition coefficient (Wildman–Crippen LogP) is 0.769. The minimum absolute atomic E-state index is 0.187. The van der Waals surface area contributed by atoms with E-state index < -0.39 is 44.4 Å². The number of nitrogens with one attached hydrogen (secondary N) is 1. The maximum Gasteiger partial charge on any atom is 0.296 e. The van der Waals surface area contributed by atoms with Gasteiger partial charge in [-0.3, -0.25) is 19.1 Å². The molecule has 2 fully saturated rings. The van der Waals surface area contributed by atoms with Gasteiger partial charge in [-0.25, -0.2) is 17.8 Å². The standard InChI is InChI=1S/C26H34FN5O7S/c1-17(2)30-5-7-31(8-6-30)40(36,37)20-14-18(13-19(27)15-20)16-28-23(34)21-22(33)24(35)32-9-12-39-26(25(32)29-21)3-10-38-11-4-26/h13-15,17,33H,3-12,16H2,1-2H3,(H,28,34). The highest BCUT2D eigenvalue weighted by molar-refractivity contribution is 7.89. The fraction of sp³-hybridized carbons (Fsp3) is 0.577. The molecule has 14 heteroatoms. The molecule has 1 aromatic heterocycles. The number of rotatable bonds is 6. The summed E-state index contributed by atoms with van der Waals surface area (Å²) in [5, 5.41) is 13.1. The van der Waals surface area contributed by atoms with E-state index in [0.29, 0.717) is 58.3 Å². The van der Waals surface area contributed by atoms with Crippen molar-refractivity contribution in [2.45, 2.75) is 56.3 Å². The Hall–Kier alpha value is -2.91. The molecule has 2 aromatic rings. The monoisotopic (exact) mass is 579 g/mol. The minimum Gasteiger partial charge on any atom is -0.501 e. The van der Waals surface area contributed by atoms with Gasteiger partial charge in [0, 0.05) is 64.8 Å². The largest absolute Gasteiger partial charge is 0.501 e. The van der Waals surface area contributed by atoms with Crippen LogP contribution in [0.2, 0.25) is 0 Å². The molecule has 2 saturated heterocycles. The highest BCUT2D eigenvalue weighted by atomic mass is 32.2. The van der Waals surface area contributed by atoms with Gasteiger partial charge < -0.3 is 19.9 Å². The number of hydrogen-bond donors (Lipinski definition) is 2. The smallest absolute Gasteiger partial charge is 0.296 e. The lowest BCUT2D eigenvalue weighted by molar-refractivity contribution is -0.139. The van der Waals surface area contributed by atoms with E-state index in [4.69, 9.17) is 9.47 Å². The molecule has 0 aliphatic carbocycles. The Morgan fingerprint density at radius 1 is 1.12 bits per heavy atom. The minimum atomic E-state index is -3.95. The number of fused-ring (bicyclic) bond motifs is 2. The van der Waals surface area contributed by atoms with Crippen molar-refractivity contribution in [1.29, 1.82) is 0 Å². The molecular weight excluding hydrogens is 545 g/mol. The van der Waals surface area contributed by atoms with E-state index in [1.54, 1.807) is 0 Å². The topological polar surface area (TPSA) is 143 Å². The van der Waals surface area contributed by atoms with Crippen LogP contribution in [0.4, 0.5) is 4.39 Å². The molecule has 12 nitrogen and oxygen atoms in total. The Kier molecular flexibility index (Phi) is 7.99. The van der Waals surface area contributed by atoms with Crippen molar-refractivity contribution in [3.05, 3.63) is 51.5 Å². The van der Waals surface area contributed by atoms with Gasteiger partial charge in [0.1, 0.15) is 17.2 Å². The van der Waals surface area contributed by atoms with E-state index in [1.165, 1.54) is 14.9 Å². The summed E-state index contributed by atoms with van der Waals surface area (Å²) in [6.07, 6.45) is 0.886. The fourth-order valence-corrected chi connectivity index (χ4v) is 6.98. The quantitative estimate of drug-likeness (QED) is 0.507. The average Bonchev–Trinajstić information content (AvgIpc) is 2.94. The predicted molar refractivity (Wildman–Crippen MR) is 141 cm³/mol. The Morgan fingerprint density at radius 3 is 2.50 bits per heavy atom. The van der Waals surface area contributed by atoms with Crippen LogP contribution in [0.3, 0.4) is 0 Å². The zero-order valence-electron chi connectivity index (χ0n) is 22.6. The number of aromatic hydroxyl groups is 1. The third-order valence-electron chi connectivity index (χ3n) is 7.79. The second-order valence-corrected chi connectivity index (χ2v) is 12.5. The molecule has 2 N–H and O–H groups in total. The van der Waals surface area contributed by atoms with Gasteiger partial charge in [0.05, 0.1) is 18.0 Å². The Morgan fingerprint density at radius 2 is 1.82 bits per heavy atom. The Labute approximate surface area is 231 Å². The van der Waals surface area contributed by atoms with Crippen molar-refractivity contribution in [3.63, 3.8) is 0 Å².